The summed E-state index contributed by atoms with van der Waals surface area (Å²) in [7, 11) is 0. The lowest BCUT2D eigenvalue weighted by atomic mass is 10.1. The Balaban J connectivity index is 2.66. The second-order valence-corrected chi connectivity index (χ2v) is 5.28. The molecule has 0 bridgehead atoms. The fourth-order valence-electron chi connectivity index (χ4n) is 1.55. The molecule has 0 unspecified atom stereocenters. The average Bonchev–Trinajstić information content (AvgIpc) is 2.83. The van der Waals surface area contributed by atoms with Gasteiger partial charge in [-0.15, -0.1) is 11.3 Å². The van der Waals surface area contributed by atoms with Gasteiger partial charge in [-0.1, -0.05) is 12.1 Å². The largest absolute Gasteiger partial charge is 0.397 e. The van der Waals surface area contributed by atoms with Gasteiger partial charge in [0.25, 0.3) is 0 Å². The minimum absolute atomic E-state index is 0.143. The topological polar surface area (TPSA) is 49.8 Å². The van der Waals surface area contributed by atoms with E-state index in [0.717, 1.165) is 4.88 Å². The van der Waals surface area contributed by atoms with Crippen LogP contribution in [-0.2, 0) is 0 Å². The highest BCUT2D eigenvalue weighted by atomic mass is 79.9. The smallest absolute Gasteiger partial charge is 0.133 e. The van der Waals surface area contributed by atoms with Crippen LogP contribution in [-0.4, -0.2) is 0 Å². The predicted octanol–water partition coefficient (Wildman–Crippen LogP) is 4.00. The van der Waals surface area contributed by atoms with E-state index in [2.05, 4.69) is 15.9 Å². The molecule has 1 aromatic carbocycles. The minimum atomic E-state index is -0.453. The summed E-state index contributed by atoms with van der Waals surface area (Å²) in [4.78, 5) is 0.727. The first-order valence-corrected chi connectivity index (χ1v) is 6.70. The molecule has 2 aromatic rings. The summed E-state index contributed by atoms with van der Waals surface area (Å²) < 4.78 is 14.3. The molecular weight excluding hydrogens is 315 g/mol. The SMILES string of the molecule is N#C/C(=C(/N)c1c(F)cccc1Br)c1cccs1. The molecule has 5 heteroatoms. The summed E-state index contributed by atoms with van der Waals surface area (Å²) >= 11 is 4.64. The molecule has 0 saturated heterocycles. The fraction of sp³-hybridized carbons (Fsp3) is 0. The number of nitriles is 1. The number of thiophene rings is 1. The molecule has 0 aliphatic heterocycles. The lowest BCUT2D eigenvalue weighted by Gasteiger charge is -2.08. The van der Waals surface area contributed by atoms with E-state index in [1.807, 2.05) is 17.5 Å². The number of nitrogens with zero attached hydrogens (tertiary/aromatic N) is 1. The molecule has 0 atom stereocenters. The summed E-state index contributed by atoms with van der Waals surface area (Å²) in [6.45, 7) is 0. The average molecular weight is 323 g/mol. The van der Waals surface area contributed by atoms with Crippen molar-refractivity contribution in [3.8, 4) is 6.07 Å². The fourth-order valence-corrected chi connectivity index (χ4v) is 2.84. The number of nitrogens with two attached hydrogens (primary N) is 1. The zero-order valence-electron chi connectivity index (χ0n) is 9.15. The molecule has 0 aliphatic rings. The van der Waals surface area contributed by atoms with Gasteiger partial charge in [0.2, 0.25) is 0 Å². The van der Waals surface area contributed by atoms with Gasteiger partial charge in [-0.2, -0.15) is 5.26 Å². The van der Waals surface area contributed by atoms with Crippen molar-refractivity contribution >= 4 is 38.5 Å². The molecule has 0 fully saturated rings. The molecular formula is C13H8BrFN2S. The van der Waals surface area contributed by atoms with Gasteiger partial charge in [-0.25, -0.2) is 4.39 Å². The van der Waals surface area contributed by atoms with E-state index in [9.17, 15) is 9.65 Å². The number of benzene rings is 1. The molecule has 2 rings (SSSR count). The lowest BCUT2D eigenvalue weighted by molar-refractivity contribution is 0.623. The minimum Gasteiger partial charge on any atom is -0.397 e. The second kappa shape index (κ2) is 5.34. The Morgan fingerprint density at radius 2 is 2.11 bits per heavy atom. The van der Waals surface area contributed by atoms with Crippen LogP contribution < -0.4 is 5.73 Å². The van der Waals surface area contributed by atoms with Crippen molar-refractivity contribution in [2.75, 3.05) is 0 Å². The quantitative estimate of drug-likeness (QED) is 0.849. The van der Waals surface area contributed by atoms with E-state index in [1.54, 1.807) is 18.2 Å². The molecule has 0 amide bonds. The molecule has 18 heavy (non-hydrogen) atoms. The summed E-state index contributed by atoms with van der Waals surface area (Å²) in [5.74, 6) is -0.453. The van der Waals surface area contributed by atoms with Gasteiger partial charge in [0, 0.05) is 14.9 Å². The van der Waals surface area contributed by atoms with Gasteiger partial charge in [0.1, 0.15) is 11.9 Å². The van der Waals surface area contributed by atoms with Crippen molar-refractivity contribution in [2.24, 2.45) is 5.73 Å². The Morgan fingerprint density at radius 1 is 1.33 bits per heavy atom. The molecule has 0 aliphatic carbocycles. The number of allylic oxidation sites excluding steroid dienone is 1. The molecule has 0 saturated carbocycles. The van der Waals surface area contributed by atoms with Crippen molar-refractivity contribution < 1.29 is 4.39 Å². The van der Waals surface area contributed by atoms with Crippen molar-refractivity contribution in [1.29, 1.82) is 5.26 Å². The Labute approximate surface area is 116 Å². The standard InChI is InChI=1S/C13H8BrFN2S/c14-9-3-1-4-10(15)12(9)13(17)8(7-16)11-5-2-6-18-11/h1-6H,17H2/b13-8-. The highest BCUT2D eigenvalue weighted by Gasteiger charge is 2.15. The maximum absolute atomic E-state index is 13.8. The van der Waals surface area contributed by atoms with E-state index < -0.39 is 5.82 Å². The lowest BCUT2D eigenvalue weighted by Crippen LogP contribution is -2.03. The first kappa shape index (κ1) is 12.8. The van der Waals surface area contributed by atoms with Gasteiger partial charge in [0.05, 0.1) is 11.3 Å². The number of halogens is 2. The zero-order chi connectivity index (χ0) is 13.1. The highest BCUT2D eigenvalue weighted by molar-refractivity contribution is 9.10. The van der Waals surface area contributed by atoms with E-state index in [0.29, 0.717) is 4.47 Å². The first-order chi connectivity index (χ1) is 8.65. The summed E-state index contributed by atoms with van der Waals surface area (Å²) in [6, 6.07) is 10.2. The van der Waals surface area contributed by atoms with Crippen LogP contribution in [0.15, 0.2) is 40.2 Å². The highest BCUT2D eigenvalue weighted by Crippen LogP contribution is 2.31. The van der Waals surface area contributed by atoms with Crippen molar-refractivity contribution in [3.63, 3.8) is 0 Å². The van der Waals surface area contributed by atoms with Crippen LogP contribution in [0, 0.1) is 17.1 Å². The van der Waals surface area contributed by atoms with E-state index in [4.69, 9.17) is 5.73 Å². The number of hydrogen-bond acceptors (Lipinski definition) is 3. The Bertz CT molecular complexity index is 621. The van der Waals surface area contributed by atoms with Crippen molar-refractivity contribution in [2.45, 2.75) is 0 Å². The van der Waals surface area contributed by atoms with Crippen LogP contribution in [0.4, 0.5) is 4.39 Å². The maximum atomic E-state index is 13.8. The van der Waals surface area contributed by atoms with Crippen LogP contribution in [0.3, 0.4) is 0 Å². The summed E-state index contributed by atoms with van der Waals surface area (Å²) in [5.41, 5.74) is 6.59. The van der Waals surface area contributed by atoms with Gasteiger partial charge in [-0.05, 0) is 39.5 Å². The van der Waals surface area contributed by atoms with Gasteiger partial charge in [-0.3, -0.25) is 0 Å². The van der Waals surface area contributed by atoms with Gasteiger partial charge in [0.15, 0.2) is 0 Å². The molecule has 2 nitrogen and oxygen atoms in total. The monoisotopic (exact) mass is 322 g/mol. The molecule has 0 spiro atoms. The third-order valence-electron chi connectivity index (χ3n) is 2.38. The molecule has 0 radical (unpaired) electrons. The van der Waals surface area contributed by atoms with Gasteiger partial charge < -0.3 is 5.73 Å². The number of hydrogen-bond donors (Lipinski definition) is 1. The molecule has 1 aromatic heterocycles. The Kier molecular flexibility index (Phi) is 3.80. The predicted molar refractivity (Wildman–Crippen MR) is 75.0 cm³/mol. The zero-order valence-corrected chi connectivity index (χ0v) is 11.6. The van der Waals surface area contributed by atoms with Crippen LogP contribution in [0.1, 0.15) is 10.4 Å². The molecule has 2 N–H and O–H groups in total. The van der Waals surface area contributed by atoms with Crippen LogP contribution in [0.2, 0.25) is 0 Å². The van der Waals surface area contributed by atoms with E-state index in [1.165, 1.54) is 17.4 Å². The molecule has 1 heterocycles. The van der Waals surface area contributed by atoms with Gasteiger partial charge >= 0.3 is 0 Å². The summed E-state index contributed by atoms with van der Waals surface area (Å²) in [5, 5.41) is 11.0. The van der Waals surface area contributed by atoms with Crippen LogP contribution in [0.25, 0.3) is 11.3 Å². The second-order valence-electron chi connectivity index (χ2n) is 3.47. The van der Waals surface area contributed by atoms with Crippen molar-refractivity contribution in [1.82, 2.24) is 0 Å². The summed E-state index contributed by atoms with van der Waals surface area (Å²) in [6.07, 6.45) is 0. The molecule has 90 valence electrons. The third-order valence-corrected chi connectivity index (χ3v) is 3.93. The van der Waals surface area contributed by atoms with Crippen molar-refractivity contribution in [3.05, 3.63) is 56.4 Å². The Morgan fingerprint density at radius 3 is 2.67 bits per heavy atom. The van der Waals surface area contributed by atoms with E-state index in [-0.39, 0.29) is 16.8 Å². The first-order valence-electron chi connectivity index (χ1n) is 5.03. The normalized spacial score (nSPS) is 11.8. The Hall–Kier alpha value is -1.64. The van der Waals surface area contributed by atoms with E-state index >= 15 is 0 Å². The van der Waals surface area contributed by atoms with Crippen LogP contribution >= 0.6 is 27.3 Å². The number of rotatable bonds is 2. The maximum Gasteiger partial charge on any atom is 0.133 e. The third kappa shape index (κ3) is 2.30. The van der Waals surface area contributed by atoms with Crippen LogP contribution in [0.5, 0.6) is 0 Å².